The van der Waals surface area contributed by atoms with Gasteiger partial charge >= 0.3 is 0 Å². The van der Waals surface area contributed by atoms with Gasteiger partial charge in [0.2, 0.25) is 11.6 Å². The number of benzene rings is 4. The maximum Gasteiger partial charge on any atom is 0.246 e. The van der Waals surface area contributed by atoms with Crippen LogP contribution >= 0.6 is 0 Å². The fourth-order valence-electron chi connectivity index (χ4n) is 4.32. The van der Waals surface area contributed by atoms with Crippen LogP contribution in [0.15, 0.2) is 36.4 Å². The van der Waals surface area contributed by atoms with Gasteiger partial charge in [0.25, 0.3) is 0 Å². The van der Waals surface area contributed by atoms with Gasteiger partial charge < -0.3 is 18.9 Å². The van der Waals surface area contributed by atoms with E-state index in [-0.39, 0.29) is 0 Å². The average Bonchev–Trinajstić information content (AvgIpc) is 3.09. The van der Waals surface area contributed by atoms with E-state index in [2.05, 4.69) is 24.3 Å². The van der Waals surface area contributed by atoms with E-state index in [1.165, 1.54) is 0 Å². The summed E-state index contributed by atoms with van der Waals surface area (Å²) >= 11 is 0. The SMILES string of the molecule is CC1(C)Oc2c(c3cccc4c5c(c6cccc2c6c34)OC(C)(C)O5)O1. The Labute approximate surface area is 150 Å². The van der Waals surface area contributed by atoms with Crippen molar-refractivity contribution >= 4 is 32.3 Å². The number of hydrogen-bond acceptors (Lipinski definition) is 4. The highest BCUT2D eigenvalue weighted by Gasteiger charge is 2.39. The summed E-state index contributed by atoms with van der Waals surface area (Å²) in [7, 11) is 0. The van der Waals surface area contributed by atoms with Crippen LogP contribution in [0.4, 0.5) is 0 Å². The Morgan fingerprint density at radius 2 is 0.769 bits per heavy atom. The molecule has 0 saturated carbocycles. The molecule has 26 heavy (non-hydrogen) atoms. The molecule has 130 valence electrons. The van der Waals surface area contributed by atoms with Gasteiger partial charge in [0.15, 0.2) is 23.0 Å². The van der Waals surface area contributed by atoms with Crippen LogP contribution in [0.3, 0.4) is 0 Å². The third kappa shape index (κ3) is 1.60. The molecule has 0 atom stereocenters. The minimum Gasteiger partial charge on any atom is -0.448 e. The number of ether oxygens (including phenoxy) is 4. The Morgan fingerprint density at radius 3 is 1.04 bits per heavy atom. The largest absolute Gasteiger partial charge is 0.448 e. The number of hydrogen-bond donors (Lipinski definition) is 0. The van der Waals surface area contributed by atoms with Crippen molar-refractivity contribution in [1.82, 2.24) is 0 Å². The molecule has 0 aromatic heterocycles. The van der Waals surface area contributed by atoms with Gasteiger partial charge in [-0.25, -0.2) is 0 Å². The lowest BCUT2D eigenvalue weighted by Gasteiger charge is -2.16. The highest BCUT2D eigenvalue weighted by atomic mass is 16.7. The summed E-state index contributed by atoms with van der Waals surface area (Å²) in [5, 5.41) is 6.45. The van der Waals surface area contributed by atoms with E-state index in [1.54, 1.807) is 0 Å². The molecule has 4 nitrogen and oxygen atoms in total. The molecule has 0 unspecified atom stereocenters. The third-order valence-electron chi connectivity index (χ3n) is 5.16. The summed E-state index contributed by atoms with van der Waals surface area (Å²) in [6.07, 6.45) is 0. The van der Waals surface area contributed by atoms with Crippen molar-refractivity contribution in [3.05, 3.63) is 36.4 Å². The smallest absolute Gasteiger partial charge is 0.246 e. The van der Waals surface area contributed by atoms with Crippen LogP contribution in [0.5, 0.6) is 23.0 Å². The van der Waals surface area contributed by atoms with E-state index >= 15 is 0 Å². The van der Waals surface area contributed by atoms with Crippen molar-refractivity contribution in [1.29, 1.82) is 0 Å². The third-order valence-corrected chi connectivity index (χ3v) is 5.16. The Kier molecular flexibility index (Phi) is 2.25. The Balaban J connectivity index is 1.89. The summed E-state index contributed by atoms with van der Waals surface area (Å²) in [4.78, 5) is 0. The van der Waals surface area contributed by atoms with E-state index in [0.717, 1.165) is 55.3 Å². The van der Waals surface area contributed by atoms with Crippen molar-refractivity contribution in [3.63, 3.8) is 0 Å². The zero-order valence-electron chi connectivity index (χ0n) is 15.1. The van der Waals surface area contributed by atoms with Gasteiger partial charge in [-0.2, -0.15) is 0 Å². The topological polar surface area (TPSA) is 36.9 Å². The zero-order chi connectivity index (χ0) is 17.8. The summed E-state index contributed by atoms with van der Waals surface area (Å²) in [6, 6.07) is 12.4. The molecule has 2 aliphatic heterocycles. The minimum absolute atomic E-state index is 0.686. The first-order valence-corrected chi connectivity index (χ1v) is 8.87. The molecule has 6 rings (SSSR count). The molecule has 4 aromatic rings. The molecular formula is C22H18O4. The van der Waals surface area contributed by atoms with Crippen LogP contribution in [-0.4, -0.2) is 11.6 Å². The average molecular weight is 346 g/mol. The first-order valence-electron chi connectivity index (χ1n) is 8.87. The summed E-state index contributed by atoms with van der Waals surface area (Å²) in [6.45, 7) is 7.74. The van der Waals surface area contributed by atoms with Gasteiger partial charge in [0.1, 0.15) is 0 Å². The van der Waals surface area contributed by atoms with Crippen molar-refractivity contribution < 1.29 is 18.9 Å². The molecule has 0 N–H and O–H groups in total. The highest BCUT2D eigenvalue weighted by molar-refractivity contribution is 6.29. The summed E-state index contributed by atoms with van der Waals surface area (Å²) in [5.74, 6) is 1.85. The Hall–Kier alpha value is -2.88. The van der Waals surface area contributed by atoms with Gasteiger partial charge in [-0.1, -0.05) is 36.4 Å². The molecule has 2 heterocycles. The second-order valence-corrected chi connectivity index (χ2v) is 7.98. The highest BCUT2D eigenvalue weighted by Crippen LogP contribution is 2.57. The predicted molar refractivity (Wildman–Crippen MR) is 101 cm³/mol. The fourth-order valence-corrected chi connectivity index (χ4v) is 4.32. The standard InChI is InChI=1S/C22H18O4/c1-21(2)23-17-11-7-5-9-13-15(11)16-12(18(17)24-21)8-6-10-14(16)20-19(13)25-22(3,4)26-20/h5-10H,1-4H3. The van der Waals surface area contributed by atoms with E-state index in [1.807, 2.05) is 39.8 Å². The van der Waals surface area contributed by atoms with Gasteiger partial charge in [-0.3, -0.25) is 0 Å². The number of fused-ring (bicyclic) bond motifs is 6. The van der Waals surface area contributed by atoms with Crippen molar-refractivity contribution in [2.24, 2.45) is 0 Å². The van der Waals surface area contributed by atoms with Crippen LogP contribution < -0.4 is 18.9 Å². The van der Waals surface area contributed by atoms with Gasteiger partial charge in [-0.15, -0.1) is 0 Å². The molecule has 4 aromatic carbocycles. The first kappa shape index (κ1) is 14.3. The molecule has 0 fully saturated rings. The number of rotatable bonds is 0. The lowest BCUT2D eigenvalue weighted by molar-refractivity contribution is -0.0424. The van der Waals surface area contributed by atoms with Gasteiger partial charge in [0, 0.05) is 60.0 Å². The van der Waals surface area contributed by atoms with E-state index in [4.69, 9.17) is 18.9 Å². The van der Waals surface area contributed by atoms with Crippen LogP contribution in [0.2, 0.25) is 0 Å². The molecule has 0 bridgehead atoms. The molecule has 4 heteroatoms. The lowest BCUT2D eigenvalue weighted by atomic mass is 9.92. The normalized spacial score (nSPS) is 19.1. The second-order valence-electron chi connectivity index (χ2n) is 7.98. The molecule has 0 radical (unpaired) electrons. The fraction of sp³-hybridized carbons (Fsp3) is 0.273. The molecular weight excluding hydrogens is 328 g/mol. The molecule has 0 amide bonds. The van der Waals surface area contributed by atoms with Gasteiger partial charge in [-0.05, 0) is 0 Å². The Morgan fingerprint density at radius 1 is 0.500 bits per heavy atom. The predicted octanol–water partition coefficient (Wildman–Crippen LogP) is 5.60. The lowest BCUT2D eigenvalue weighted by Crippen LogP contribution is -2.29. The second kappa shape index (κ2) is 4.09. The van der Waals surface area contributed by atoms with Gasteiger partial charge in [0.05, 0.1) is 0 Å². The first-order chi connectivity index (χ1) is 12.3. The van der Waals surface area contributed by atoms with Crippen LogP contribution in [-0.2, 0) is 0 Å². The molecule has 0 saturated heterocycles. The molecule has 2 aliphatic rings. The maximum absolute atomic E-state index is 6.18. The van der Waals surface area contributed by atoms with Crippen molar-refractivity contribution in [3.8, 4) is 23.0 Å². The zero-order valence-corrected chi connectivity index (χ0v) is 15.1. The monoisotopic (exact) mass is 346 g/mol. The molecule has 0 aliphatic carbocycles. The molecule has 0 spiro atoms. The summed E-state index contributed by atoms with van der Waals surface area (Å²) in [5.41, 5.74) is 0. The Bertz CT molecular complexity index is 1050. The van der Waals surface area contributed by atoms with Crippen LogP contribution in [0, 0.1) is 0 Å². The maximum atomic E-state index is 6.18. The van der Waals surface area contributed by atoms with E-state index in [9.17, 15) is 0 Å². The van der Waals surface area contributed by atoms with Crippen molar-refractivity contribution in [2.45, 2.75) is 39.3 Å². The van der Waals surface area contributed by atoms with Crippen molar-refractivity contribution in [2.75, 3.05) is 0 Å². The van der Waals surface area contributed by atoms with E-state index < -0.39 is 11.6 Å². The van der Waals surface area contributed by atoms with Crippen LogP contribution in [0.1, 0.15) is 27.7 Å². The quantitative estimate of drug-likeness (QED) is 0.388. The summed E-state index contributed by atoms with van der Waals surface area (Å²) < 4.78 is 24.7. The van der Waals surface area contributed by atoms with E-state index in [0.29, 0.717) is 0 Å². The minimum atomic E-state index is -0.686. The van der Waals surface area contributed by atoms with Crippen LogP contribution in [0.25, 0.3) is 32.3 Å².